The van der Waals surface area contributed by atoms with Crippen LogP contribution in [0.5, 0.6) is 0 Å². The lowest BCUT2D eigenvalue weighted by Crippen LogP contribution is -2.41. The highest BCUT2D eigenvalue weighted by Crippen LogP contribution is 2.18. The van der Waals surface area contributed by atoms with Crippen LogP contribution in [-0.4, -0.2) is 54.1 Å². The number of nitrogens with zero attached hydrogens (tertiary/aromatic N) is 3. The van der Waals surface area contributed by atoms with Crippen LogP contribution in [0.25, 0.3) is 0 Å². The summed E-state index contributed by atoms with van der Waals surface area (Å²) >= 11 is 0. The molecule has 1 saturated heterocycles. The number of hydrogen-bond donors (Lipinski definition) is 1. The summed E-state index contributed by atoms with van der Waals surface area (Å²) in [6.07, 6.45) is 4.82. The molecule has 2 N–H and O–H groups in total. The zero-order valence-corrected chi connectivity index (χ0v) is 12.1. The van der Waals surface area contributed by atoms with Crippen molar-refractivity contribution in [1.82, 2.24) is 14.8 Å². The lowest BCUT2D eigenvalue weighted by molar-refractivity contribution is 0.167. The molecule has 2 unspecified atom stereocenters. The third-order valence-corrected chi connectivity index (χ3v) is 3.84. The molecule has 2 heterocycles. The molecule has 1 aliphatic heterocycles. The Morgan fingerprint density at radius 2 is 2.00 bits per heavy atom. The Kier molecular flexibility index (Phi) is 5.31. The van der Waals surface area contributed by atoms with Crippen molar-refractivity contribution < 1.29 is 0 Å². The summed E-state index contributed by atoms with van der Waals surface area (Å²) in [5.41, 5.74) is 7.13. The highest BCUT2D eigenvalue weighted by molar-refractivity contribution is 5.09. The Balaban J connectivity index is 2.08. The largest absolute Gasteiger partial charge is 0.330 e. The minimum Gasteiger partial charge on any atom is -0.330 e. The third kappa shape index (κ3) is 4.27. The first-order valence-corrected chi connectivity index (χ1v) is 7.20. The van der Waals surface area contributed by atoms with Crippen molar-refractivity contribution in [3.05, 3.63) is 30.1 Å². The molecule has 4 heteroatoms. The van der Waals surface area contributed by atoms with E-state index in [2.05, 4.69) is 40.9 Å². The number of rotatable bonds is 4. The maximum atomic E-state index is 5.79. The van der Waals surface area contributed by atoms with Gasteiger partial charge in [-0.1, -0.05) is 6.92 Å². The molecule has 1 aromatic heterocycles. The van der Waals surface area contributed by atoms with E-state index >= 15 is 0 Å². The lowest BCUT2D eigenvalue weighted by atomic mass is 10.1. The van der Waals surface area contributed by atoms with Crippen molar-refractivity contribution >= 4 is 0 Å². The fourth-order valence-corrected chi connectivity index (χ4v) is 3.07. The van der Waals surface area contributed by atoms with E-state index < -0.39 is 0 Å². The summed E-state index contributed by atoms with van der Waals surface area (Å²) in [5.74, 6) is 0.703. The van der Waals surface area contributed by atoms with Gasteiger partial charge in [-0.05, 0) is 43.6 Å². The van der Waals surface area contributed by atoms with Gasteiger partial charge in [-0.25, -0.2) is 0 Å². The molecule has 0 spiro atoms. The lowest BCUT2D eigenvalue weighted by Gasteiger charge is -2.31. The molecule has 0 aliphatic carbocycles. The highest BCUT2D eigenvalue weighted by atomic mass is 15.2. The van der Waals surface area contributed by atoms with Crippen LogP contribution in [0.4, 0.5) is 0 Å². The monoisotopic (exact) mass is 262 g/mol. The number of pyridine rings is 1. The van der Waals surface area contributed by atoms with E-state index in [-0.39, 0.29) is 0 Å². The van der Waals surface area contributed by atoms with Gasteiger partial charge >= 0.3 is 0 Å². The first-order chi connectivity index (χ1) is 9.19. The Labute approximate surface area is 116 Å². The fourth-order valence-electron chi connectivity index (χ4n) is 3.07. The molecule has 1 fully saturated rings. The standard InChI is InChI=1S/C15H26N4/c1-13-9-18(2)12-15(3-6-16)19(10-13)11-14-4-7-17-8-5-14/h4-5,7-8,13,15H,3,6,9-12,16H2,1-2H3. The van der Waals surface area contributed by atoms with Crippen molar-refractivity contribution in [3.8, 4) is 0 Å². The number of likely N-dealkylation sites (N-methyl/N-ethyl adjacent to an activating group) is 1. The van der Waals surface area contributed by atoms with Crippen LogP contribution in [0, 0.1) is 5.92 Å². The molecule has 1 aliphatic rings. The maximum absolute atomic E-state index is 5.79. The number of aromatic nitrogens is 1. The van der Waals surface area contributed by atoms with Gasteiger partial charge < -0.3 is 10.6 Å². The van der Waals surface area contributed by atoms with Crippen molar-refractivity contribution in [2.45, 2.75) is 25.9 Å². The Hall–Kier alpha value is -0.970. The average Bonchev–Trinajstić information content (AvgIpc) is 2.50. The normalized spacial score (nSPS) is 26.3. The highest BCUT2D eigenvalue weighted by Gasteiger charge is 2.25. The van der Waals surface area contributed by atoms with Crippen LogP contribution < -0.4 is 5.73 Å². The van der Waals surface area contributed by atoms with E-state index in [0.717, 1.165) is 32.6 Å². The van der Waals surface area contributed by atoms with Crippen LogP contribution in [0.15, 0.2) is 24.5 Å². The summed E-state index contributed by atoms with van der Waals surface area (Å²) in [4.78, 5) is 9.13. The van der Waals surface area contributed by atoms with Crippen molar-refractivity contribution in [3.63, 3.8) is 0 Å². The minimum absolute atomic E-state index is 0.563. The Morgan fingerprint density at radius 1 is 1.26 bits per heavy atom. The predicted octanol–water partition coefficient (Wildman–Crippen LogP) is 1.18. The first kappa shape index (κ1) is 14.4. The summed E-state index contributed by atoms with van der Waals surface area (Å²) < 4.78 is 0. The van der Waals surface area contributed by atoms with Crippen LogP contribution >= 0.6 is 0 Å². The molecule has 4 nitrogen and oxygen atoms in total. The molecule has 0 saturated carbocycles. The number of nitrogens with two attached hydrogens (primary N) is 1. The summed E-state index contributed by atoms with van der Waals surface area (Å²) in [6.45, 7) is 7.55. The van der Waals surface area contributed by atoms with Crippen LogP contribution in [-0.2, 0) is 6.54 Å². The van der Waals surface area contributed by atoms with E-state index in [4.69, 9.17) is 5.73 Å². The van der Waals surface area contributed by atoms with E-state index in [0.29, 0.717) is 12.0 Å². The Bertz CT molecular complexity index is 368. The summed E-state index contributed by atoms with van der Waals surface area (Å²) in [6, 6.07) is 4.78. The second-order valence-electron chi connectivity index (χ2n) is 5.84. The summed E-state index contributed by atoms with van der Waals surface area (Å²) in [7, 11) is 2.22. The van der Waals surface area contributed by atoms with Gasteiger partial charge in [-0.2, -0.15) is 0 Å². The van der Waals surface area contributed by atoms with E-state index in [1.165, 1.54) is 12.1 Å². The first-order valence-electron chi connectivity index (χ1n) is 7.20. The van der Waals surface area contributed by atoms with Gasteiger partial charge in [0.1, 0.15) is 0 Å². The molecule has 106 valence electrons. The van der Waals surface area contributed by atoms with Crippen LogP contribution in [0.2, 0.25) is 0 Å². The van der Waals surface area contributed by atoms with Gasteiger partial charge in [0.05, 0.1) is 0 Å². The molecule has 2 rings (SSSR count). The van der Waals surface area contributed by atoms with E-state index in [9.17, 15) is 0 Å². The van der Waals surface area contributed by atoms with Gasteiger partial charge in [-0.3, -0.25) is 9.88 Å². The van der Waals surface area contributed by atoms with E-state index in [1.54, 1.807) is 0 Å². The molecule has 0 amide bonds. The summed E-state index contributed by atoms with van der Waals surface area (Å²) in [5, 5.41) is 0. The number of hydrogen-bond acceptors (Lipinski definition) is 4. The molecule has 1 aromatic rings. The van der Waals surface area contributed by atoms with Crippen LogP contribution in [0.3, 0.4) is 0 Å². The molecular weight excluding hydrogens is 236 g/mol. The molecule has 19 heavy (non-hydrogen) atoms. The average molecular weight is 262 g/mol. The van der Waals surface area contributed by atoms with Gasteiger partial charge in [0.15, 0.2) is 0 Å². The second kappa shape index (κ2) is 6.98. The topological polar surface area (TPSA) is 45.4 Å². The zero-order valence-electron chi connectivity index (χ0n) is 12.1. The molecule has 0 bridgehead atoms. The van der Waals surface area contributed by atoms with Crippen molar-refractivity contribution in [2.24, 2.45) is 11.7 Å². The second-order valence-corrected chi connectivity index (χ2v) is 5.84. The smallest absolute Gasteiger partial charge is 0.0271 e. The predicted molar refractivity (Wildman–Crippen MR) is 78.8 cm³/mol. The quantitative estimate of drug-likeness (QED) is 0.885. The van der Waals surface area contributed by atoms with E-state index in [1.807, 2.05) is 12.4 Å². The fraction of sp³-hybridized carbons (Fsp3) is 0.667. The minimum atomic E-state index is 0.563. The molecule has 0 radical (unpaired) electrons. The van der Waals surface area contributed by atoms with Crippen molar-refractivity contribution in [1.29, 1.82) is 0 Å². The Morgan fingerprint density at radius 3 is 2.68 bits per heavy atom. The zero-order chi connectivity index (χ0) is 13.7. The molecule has 2 atom stereocenters. The maximum Gasteiger partial charge on any atom is 0.0271 e. The van der Waals surface area contributed by atoms with Crippen molar-refractivity contribution in [2.75, 3.05) is 33.2 Å². The van der Waals surface area contributed by atoms with Crippen LogP contribution in [0.1, 0.15) is 18.9 Å². The molecule has 0 aromatic carbocycles. The van der Waals surface area contributed by atoms with Gasteiger partial charge in [0, 0.05) is 44.6 Å². The third-order valence-electron chi connectivity index (χ3n) is 3.84. The molecular formula is C15H26N4. The van der Waals surface area contributed by atoms with Gasteiger partial charge in [0.25, 0.3) is 0 Å². The van der Waals surface area contributed by atoms with Gasteiger partial charge in [0.2, 0.25) is 0 Å². The SMILES string of the molecule is CC1CN(C)CC(CCN)N(Cc2ccncc2)C1. The van der Waals surface area contributed by atoms with Gasteiger partial charge in [-0.15, -0.1) is 0 Å².